The third kappa shape index (κ3) is 2.60. The summed E-state index contributed by atoms with van der Waals surface area (Å²) in [4.78, 5) is 16.2. The summed E-state index contributed by atoms with van der Waals surface area (Å²) in [5.41, 5.74) is 9.12. The van der Waals surface area contributed by atoms with Crippen LogP contribution in [0.2, 0.25) is 0 Å². The Hall–Kier alpha value is -1.33. The van der Waals surface area contributed by atoms with Crippen molar-refractivity contribution in [2.24, 2.45) is 0 Å². The standard InChI is InChI=1S/C16H19NO2S2/c1-9-13(17)15(16(18)19-2)21-14(9)12-8-10-6-4-3-5-7-11(10)20-12/h8H,3-7,17H2,1-2H3. The van der Waals surface area contributed by atoms with Crippen molar-refractivity contribution in [1.29, 1.82) is 0 Å². The minimum Gasteiger partial charge on any atom is -0.465 e. The summed E-state index contributed by atoms with van der Waals surface area (Å²) in [6.07, 6.45) is 6.25. The summed E-state index contributed by atoms with van der Waals surface area (Å²) < 4.78 is 4.81. The molecule has 0 amide bonds. The molecule has 1 aliphatic carbocycles. The van der Waals surface area contributed by atoms with Crippen molar-refractivity contribution in [2.45, 2.75) is 39.0 Å². The molecular weight excluding hydrogens is 302 g/mol. The number of hydrogen-bond donors (Lipinski definition) is 1. The number of methoxy groups -OCH3 is 1. The lowest BCUT2D eigenvalue weighted by atomic mass is 10.1. The molecule has 0 atom stereocenters. The van der Waals surface area contributed by atoms with Crippen molar-refractivity contribution >= 4 is 34.3 Å². The summed E-state index contributed by atoms with van der Waals surface area (Å²) in [5, 5.41) is 0. The van der Waals surface area contributed by atoms with E-state index in [1.165, 1.54) is 65.9 Å². The molecule has 1 aliphatic rings. The molecule has 0 radical (unpaired) electrons. The Labute approximate surface area is 132 Å². The Morgan fingerprint density at radius 1 is 1.24 bits per heavy atom. The number of nitrogens with two attached hydrogens (primary N) is 1. The van der Waals surface area contributed by atoms with Crippen LogP contribution in [0.5, 0.6) is 0 Å². The lowest BCUT2D eigenvalue weighted by Crippen LogP contribution is -2.01. The highest BCUT2D eigenvalue weighted by Crippen LogP contribution is 2.43. The number of hydrogen-bond acceptors (Lipinski definition) is 5. The van der Waals surface area contributed by atoms with Gasteiger partial charge in [-0.25, -0.2) is 4.79 Å². The smallest absolute Gasteiger partial charge is 0.350 e. The van der Waals surface area contributed by atoms with Gasteiger partial charge >= 0.3 is 5.97 Å². The van der Waals surface area contributed by atoms with Crippen LogP contribution in [0.25, 0.3) is 9.75 Å². The fraction of sp³-hybridized carbons (Fsp3) is 0.438. The van der Waals surface area contributed by atoms with Gasteiger partial charge in [0, 0.05) is 9.75 Å². The van der Waals surface area contributed by atoms with E-state index in [0.29, 0.717) is 10.6 Å². The molecule has 2 aromatic rings. The van der Waals surface area contributed by atoms with Crippen molar-refractivity contribution in [3.05, 3.63) is 26.9 Å². The fourth-order valence-electron chi connectivity index (χ4n) is 2.78. The van der Waals surface area contributed by atoms with Crippen molar-refractivity contribution in [3.8, 4) is 9.75 Å². The molecule has 0 saturated heterocycles. The van der Waals surface area contributed by atoms with Crippen molar-refractivity contribution < 1.29 is 9.53 Å². The predicted octanol–water partition coefficient (Wildman–Crippen LogP) is 4.42. The van der Waals surface area contributed by atoms with Crippen LogP contribution in [-0.2, 0) is 17.6 Å². The summed E-state index contributed by atoms with van der Waals surface area (Å²) >= 11 is 3.31. The number of rotatable bonds is 2. The monoisotopic (exact) mass is 321 g/mol. The van der Waals surface area contributed by atoms with E-state index in [2.05, 4.69) is 6.07 Å². The molecule has 0 aromatic carbocycles. The van der Waals surface area contributed by atoms with Crippen molar-refractivity contribution in [1.82, 2.24) is 0 Å². The van der Waals surface area contributed by atoms with Crippen LogP contribution in [0, 0.1) is 6.92 Å². The molecule has 2 heterocycles. The van der Waals surface area contributed by atoms with E-state index in [0.717, 1.165) is 10.4 Å². The maximum absolute atomic E-state index is 11.8. The minimum absolute atomic E-state index is 0.343. The molecule has 0 fully saturated rings. The molecule has 2 N–H and O–H groups in total. The average molecular weight is 321 g/mol. The van der Waals surface area contributed by atoms with E-state index in [4.69, 9.17) is 10.5 Å². The van der Waals surface area contributed by atoms with Gasteiger partial charge in [-0.15, -0.1) is 22.7 Å². The van der Waals surface area contributed by atoms with E-state index < -0.39 is 0 Å². The zero-order chi connectivity index (χ0) is 15.0. The Bertz CT molecular complexity index is 661. The number of nitrogen functional groups attached to an aromatic ring is 1. The topological polar surface area (TPSA) is 52.3 Å². The zero-order valence-electron chi connectivity index (χ0n) is 12.3. The van der Waals surface area contributed by atoms with Crippen LogP contribution >= 0.6 is 22.7 Å². The van der Waals surface area contributed by atoms with Gasteiger partial charge in [0.05, 0.1) is 17.7 Å². The van der Waals surface area contributed by atoms with Crippen LogP contribution in [0.1, 0.15) is 44.9 Å². The molecule has 0 bridgehead atoms. The molecular formula is C16H19NO2S2. The second-order valence-electron chi connectivity index (χ2n) is 5.41. The van der Waals surface area contributed by atoms with Gasteiger partial charge in [0.1, 0.15) is 4.88 Å². The summed E-state index contributed by atoms with van der Waals surface area (Å²) in [7, 11) is 1.39. The minimum atomic E-state index is -0.343. The zero-order valence-corrected chi connectivity index (χ0v) is 14.0. The lowest BCUT2D eigenvalue weighted by Gasteiger charge is -1.97. The van der Waals surface area contributed by atoms with Gasteiger partial charge in [0.2, 0.25) is 0 Å². The maximum atomic E-state index is 11.8. The van der Waals surface area contributed by atoms with Crippen molar-refractivity contribution in [2.75, 3.05) is 12.8 Å². The first-order valence-corrected chi connectivity index (χ1v) is 8.84. The SMILES string of the molecule is COC(=O)c1sc(-c2cc3c(s2)CCCCC3)c(C)c1N. The normalized spacial score (nSPS) is 14.6. The van der Waals surface area contributed by atoms with Gasteiger partial charge in [-0.05, 0) is 49.8 Å². The molecule has 0 aliphatic heterocycles. The number of esters is 1. The van der Waals surface area contributed by atoms with Gasteiger partial charge in [-0.2, -0.15) is 0 Å². The maximum Gasteiger partial charge on any atom is 0.350 e. The van der Waals surface area contributed by atoms with Gasteiger partial charge in [-0.1, -0.05) is 6.42 Å². The van der Waals surface area contributed by atoms with Gasteiger partial charge in [0.15, 0.2) is 0 Å². The third-order valence-corrected chi connectivity index (χ3v) is 6.74. The summed E-state index contributed by atoms with van der Waals surface area (Å²) in [6.45, 7) is 1.98. The quantitative estimate of drug-likeness (QED) is 0.658. The largest absolute Gasteiger partial charge is 0.465 e. The molecule has 21 heavy (non-hydrogen) atoms. The molecule has 0 unspecified atom stereocenters. The molecule has 5 heteroatoms. The Balaban J connectivity index is 2.03. The molecule has 2 aromatic heterocycles. The van der Waals surface area contributed by atoms with Crippen LogP contribution in [0.15, 0.2) is 6.07 Å². The van der Waals surface area contributed by atoms with Crippen LogP contribution in [0.3, 0.4) is 0 Å². The first-order chi connectivity index (χ1) is 10.1. The molecule has 0 spiro atoms. The number of ether oxygens (including phenoxy) is 1. The average Bonchev–Trinajstić information content (AvgIpc) is 2.93. The lowest BCUT2D eigenvalue weighted by molar-refractivity contribution is 0.0607. The second kappa shape index (κ2) is 5.81. The van der Waals surface area contributed by atoms with E-state index in [9.17, 15) is 4.79 Å². The van der Waals surface area contributed by atoms with E-state index >= 15 is 0 Å². The number of anilines is 1. The summed E-state index contributed by atoms with van der Waals surface area (Å²) in [6, 6.07) is 2.30. The highest BCUT2D eigenvalue weighted by Gasteiger charge is 2.22. The first kappa shape index (κ1) is 14.6. The van der Waals surface area contributed by atoms with E-state index in [1.807, 2.05) is 18.3 Å². The van der Waals surface area contributed by atoms with Gasteiger partial charge < -0.3 is 10.5 Å². The highest BCUT2D eigenvalue weighted by molar-refractivity contribution is 7.23. The Morgan fingerprint density at radius 2 is 2.00 bits per heavy atom. The highest BCUT2D eigenvalue weighted by atomic mass is 32.1. The Morgan fingerprint density at radius 3 is 2.76 bits per heavy atom. The summed E-state index contributed by atoms with van der Waals surface area (Å²) in [5.74, 6) is -0.343. The van der Waals surface area contributed by atoms with Crippen LogP contribution in [-0.4, -0.2) is 13.1 Å². The number of fused-ring (bicyclic) bond motifs is 1. The molecule has 3 nitrogen and oxygen atoms in total. The fourth-order valence-corrected chi connectivity index (χ4v) is 5.34. The number of aryl methyl sites for hydroxylation is 2. The molecule has 112 valence electrons. The Kier molecular flexibility index (Phi) is 4.04. The van der Waals surface area contributed by atoms with Gasteiger partial charge in [0.25, 0.3) is 0 Å². The predicted molar refractivity (Wildman–Crippen MR) is 89.4 cm³/mol. The van der Waals surface area contributed by atoms with E-state index in [1.54, 1.807) is 0 Å². The number of carbonyl (C=O) groups is 1. The first-order valence-electron chi connectivity index (χ1n) is 7.21. The third-order valence-electron chi connectivity index (χ3n) is 4.03. The van der Waals surface area contributed by atoms with Crippen molar-refractivity contribution in [3.63, 3.8) is 0 Å². The number of carbonyl (C=O) groups excluding carboxylic acids is 1. The molecule has 0 saturated carbocycles. The van der Waals surface area contributed by atoms with Crippen LogP contribution < -0.4 is 5.73 Å². The second-order valence-corrected chi connectivity index (χ2v) is 7.57. The molecule has 3 rings (SSSR count). The van der Waals surface area contributed by atoms with Crippen LogP contribution in [0.4, 0.5) is 5.69 Å². The van der Waals surface area contributed by atoms with E-state index in [-0.39, 0.29) is 5.97 Å². The van der Waals surface area contributed by atoms with Gasteiger partial charge in [-0.3, -0.25) is 0 Å². The number of thiophene rings is 2.